The quantitative estimate of drug-likeness (QED) is 0.681. The summed E-state index contributed by atoms with van der Waals surface area (Å²) in [7, 11) is 0. The normalized spacial score (nSPS) is 15.2. The predicted octanol–water partition coefficient (Wildman–Crippen LogP) is 2.94. The summed E-state index contributed by atoms with van der Waals surface area (Å²) in [6.45, 7) is 2.46. The van der Waals surface area contributed by atoms with E-state index in [1.165, 1.54) is 11.1 Å². The smallest absolute Gasteiger partial charge is 0.314 e. The van der Waals surface area contributed by atoms with Gasteiger partial charge in [-0.25, -0.2) is 4.79 Å². The number of para-hydroxylation sites is 1. The molecule has 1 unspecified atom stereocenters. The molecule has 1 atom stereocenters. The third-order valence-corrected chi connectivity index (χ3v) is 4.33. The van der Waals surface area contributed by atoms with Crippen LogP contribution in [0.1, 0.15) is 17.5 Å². The van der Waals surface area contributed by atoms with Crippen molar-refractivity contribution in [2.45, 2.75) is 25.4 Å². The molecule has 2 N–H and O–H groups in total. The molecule has 3 rings (SSSR count). The molecule has 0 aliphatic carbocycles. The van der Waals surface area contributed by atoms with Crippen LogP contribution in [-0.2, 0) is 17.6 Å². The molecule has 5 nitrogen and oxygen atoms in total. The maximum Gasteiger partial charge on any atom is 0.314 e. The van der Waals surface area contributed by atoms with Gasteiger partial charge in [-0.15, -0.1) is 0 Å². The molecule has 2 aromatic carbocycles. The Morgan fingerprint density at radius 2 is 1.85 bits per heavy atom. The molecular formula is C21H26N2O3. The Bertz CT molecular complexity index is 666. The van der Waals surface area contributed by atoms with Crippen LogP contribution in [0.25, 0.3) is 0 Å². The van der Waals surface area contributed by atoms with E-state index in [2.05, 4.69) is 28.8 Å². The highest BCUT2D eigenvalue weighted by Gasteiger charge is 2.22. The second kappa shape index (κ2) is 9.82. The second-order valence-electron chi connectivity index (χ2n) is 6.39. The molecule has 1 aliphatic heterocycles. The first-order chi connectivity index (χ1) is 12.8. The number of fused-ring (bicyclic) bond motifs is 1. The molecule has 0 bridgehead atoms. The fraction of sp³-hybridized carbons (Fsp3) is 0.381. The summed E-state index contributed by atoms with van der Waals surface area (Å²) < 4.78 is 11.4. The molecular weight excluding hydrogens is 328 g/mol. The van der Waals surface area contributed by atoms with E-state index < -0.39 is 0 Å². The van der Waals surface area contributed by atoms with Crippen molar-refractivity contribution in [2.75, 3.05) is 26.3 Å². The molecule has 2 amide bonds. The van der Waals surface area contributed by atoms with E-state index in [9.17, 15) is 4.79 Å². The average molecular weight is 354 g/mol. The first-order valence-corrected chi connectivity index (χ1v) is 9.19. The third-order valence-electron chi connectivity index (χ3n) is 4.33. The van der Waals surface area contributed by atoms with Crippen molar-refractivity contribution in [2.24, 2.45) is 0 Å². The second-order valence-corrected chi connectivity index (χ2v) is 6.39. The molecule has 0 radical (unpaired) electrons. The molecule has 0 spiro atoms. The van der Waals surface area contributed by atoms with Crippen molar-refractivity contribution < 1.29 is 14.3 Å². The lowest BCUT2D eigenvalue weighted by atomic mass is 10.1. The minimum Gasteiger partial charge on any atom is -0.488 e. The van der Waals surface area contributed by atoms with Gasteiger partial charge in [-0.1, -0.05) is 48.5 Å². The van der Waals surface area contributed by atoms with Gasteiger partial charge in [-0.3, -0.25) is 0 Å². The van der Waals surface area contributed by atoms with Gasteiger partial charge < -0.3 is 20.1 Å². The molecule has 2 aromatic rings. The van der Waals surface area contributed by atoms with E-state index >= 15 is 0 Å². The van der Waals surface area contributed by atoms with Crippen LogP contribution in [0.3, 0.4) is 0 Å². The summed E-state index contributed by atoms with van der Waals surface area (Å²) in [4.78, 5) is 11.8. The molecule has 0 saturated heterocycles. The van der Waals surface area contributed by atoms with Crippen molar-refractivity contribution in [1.82, 2.24) is 10.6 Å². The summed E-state index contributed by atoms with van der Waals surface area (Å²) in [5, 5.41) is 5.72. The van der Waals surface area contributed by atoms with Gasteiger partial charge in [-0.2, -0.15) is 0 Å². The number of carbonyl (C=O) groups is 1. The number of carbonyl (C=O) groups excluding carboxylic acids is 1. The Labute approximate surface area is 154 Å². The minimum atomic E-state index is -0.158. The van der Waals surface area contributed by atoms with Crippen LogP contribution >= 0.6 is 0 Å². The number of amides is 2. The summed E-state index contributed by atoms with van der Waals surface area (Å²) in [6, 6.07) is 18.1. The topological polar surface area (TPSA) is 59.6 Å². The van der Waals surface area contributed by atoms with E-state index in [1.54, 1.807) is 0 Å². The fourth-order valence-electron chi connectivity index (χ4n) is 2.95. The molecule has 26 heavy (non-hydrogen) atoms. The monoisotopic (exact) mass is 354 g/mol. The van der Waals surface area contributed by atoms with Crippen molar-refractivity contribution >= 4 is 6.03 Å². The zero-order valence-electron chi connectivity index (χ0n) is 14.9. The maximum absolute atomic E-state index is 11.8. The standard InChI is InChI=1S/C21H26N2O3/c24-21(23-16-19-15-18-9-4-5-10-20(18)26-19)22-12-6-13-25-14-11-17-7-2-1-3-8-17/h1-5,7-10,19H,6,11-16H2,(H2,22,23,24). The van der Waals surface area contributed by atoms with Gasteiger partial charge in [0.1, 0.15) is 11.9 Å². The van der Waals surface area contributed by atoms with E-state index in [0.29, 0.717) is 26.3 Å². The zero-order valence-corrected chi connectivity index (χ0v) is 14.9. The molecule has 0 saturated carbocycles. The molecule has 0 fully saturated rings. The van der Waals surface area contributed by atoms with Crippen molar-refractivity contribution in [3.05, 3.63) is 65.7 Å². The van der Waals surface area contributed by atoms with E-state index in [4.69, 9.17) is 9.47 Å². The number of hydrogen-bond donors (Lipinski definition) is 2. The molecule has 138 valence electrons. The Balaban J connectivity index is 1.19. The predicted molar refractivity (Wildman–Crippen MR) is 102 cm³/mol. The Kier molecular flexibility index (Phi) is 6.90. The number of ether oxygens (including phenoxy) is 2. The molecule has 0 aromatic heterocycles. The number of nitrogens with one attached hydrogen (secondary N) is 2. The summed E-state index contributed by atoms with van der Waals surface area (Å²) in [5.41, 5.74) is 2.48. The summed E-state index contributed by atoms with van der Waals surface area (Å²) in [6.07, 6.45) is 2.57. The number of rotatable bonds is 9. The largest absolute Gasteiger partial charge is 0.488 e. The van der Waals surface area contributed by atoms with Crippen LogP contribution in [0, 0.1) is 0 Å². The van der Waals surface area contributed by atoms with Crippen LogP contribution < -0.4 is 15.4 Å². The van der Waals surface area contributed by atoms with Gasteiger partial charge in [-0.05, 0) is 30.0 Å². The van der Waals surface area contributed by atoms with E-state index in [1.807, 2.05) is 36.4 Å². The van der Waals surface area contributed by atoms with Crippen molar-refractivity contribution in [1.29, 1.82) is 0 Å². The van der Waals surface area contributed by atoms with Gasteiger partial charge in [0.2, 0.25) is 0 Å². The lowest BCUT2D eigenvalue weighted by molar-refractivity contribution is 0.135. The number of hydrogen-bond acceptors (Lipinski definition) is 3. The SMILES string of the molecule is O=C(NCCCOCCc1ccccc1)NCC1Cc2ccccc2O1. The highest BCUT2D eigenvalue weighted by molar-refractivity contribution is 5.73. The molecule has 1 aliphatic rings. The number of urea groups is 1. The maximum atomic E-state index is 11.8. The summed E-state index contributed by atoms with van der Waals surface area (Å²) >= 11 is 0. The third kappa shape index (κ3) is 5.77. The van der Waals surface area contributed by atoms with E-state index in [-0.39, 0.29) is 12.1 Å². The van der Waals surface area contributed by atoms with Gasteiger partial charge in [0, 0.05) is 19.6 Å². The van der Waals surface area contributed by atoms with Crippen molar-refractivity contribution in [3.63, 3.8) is 0 Å². The van der Waals surface area contributed by atoms with E-state index in [0.717, 1.165) is 25.0 Å². The lowest BCUT2D eigenvalue weighted by Gasteiger charge is -2.12. The van der Waals surface area contributed by atoms with Crippen LogP contribution in [0.5, 0.6) is 5.75 Å². The highest BCUT2D eigenvalue weighted by Crippen LogP contribution is 2.27. The van der Waals surface area contributed by atoms with Crippen LogP contribution in [0.2, 0.25) is 0 Å². The minimum absolute atomic E-state index is 0.0134. The Morgan fingerprint density at radius 3 is 2.69 bits per heavy atom. The number of benzene rings is 2. The lowest BCUT2D eigenvalue weighted by Crippen LogP contribution is -2.41. The molecule has 5 heteroatoms. The first-order valence-electron chi connectivity index (χ1n) is 9.19. The molecule has 1 heterocycles. The highest BCUT2D eigenvalue weighted by atomic mass is 16.5. The van der Waals surface area contributed by atoms with Crippen LogP contribution in [0.15, 0.2) is 54.6 Å². The van der Waals surface area contributed by atoms with Crippen LogP contribution in [0.4, 0.5) is 4.79 Å². The first kappa shape index (κ1) is 18.3. The van der Waals surface area contributed by atoms with Crippen molar-refractivity contribution in [3.8, 4) is 5.75 Å². The van der Waals surface area contributed by atoms with Gasteiger partial charge in [0.05, 0.1) is 13.2 Å². The average Bonchev–Trinajstić information content (AvgIpc) is 3.09. The Hall–Kier alpha value is -2.53. The summed E-state index contributed by atoms with van der Waals surface area (Å²) in [5.74, 6) is 0.923. The Morgan fingerprint density at radius 1 is 1.04 bits per heavy atom. The van der Waals surface area contributed by atoms with Gasteiger partial charge >= 0.3 is 6.03 Å². The zero-order chi connectivity index (χ0) is 18.0. The van der Waals surface area contributed by atoms with Crippen LogP contribution in [-0.4, -0.2) is 38.4 Å². The van der Waals surface area contributed by atoms with Gasteiger partial charge in [0.15, 0.2) is 0 Å². The van der Waals surface area contributed by atoms with Gasteiger partial charge in [0.25, 0.3) is 0 Å². The fourth-order valence-corrected chi connectivity index (χ4v) is 2.95.